The van der Waals surface area contributed by atoms with E-state index in [1.54, 1.807) is 0 Å². The molecule has 0 unspecified atom stereocenters. The molecule has 0 amide bonds. The number of amidine groups is 1. The fourth-order valence-electron chi connectivity index (χ4n) is 1.30. The predicted octanol–water partition coefficient (Wildman–Crippen LogP) is 2.87. The molecule has 6 heteroatoms. The third-order valence-corrected chi connectivity index (χ3v) is 2.26. The van der Waals surface area contributed by atoms with Crippen LogP contribution in [0.1, 0.15) is 20.8 Å². The van der Waals surface area contributed by atoms with Gasteiger partial charge in [0.1, 0.15) is 23.7 Å². The second-order valence-corrected chi connectivity index (χ2v) is 4.24. The third kappa shape index (κ3) is 5.60. The van der Waals surface area contributed by atoms with Gasteiger partial charge in [-0.3, -0.25) is 9.98 Å². The van der Waals surface area contributed by atoms with E-state index < -0.39 is 5.82 Å². The largest absolute Gasteiger partial charge is 0.506 e. The summed E-state index contributed by atoms with van der Waals surface area (Å²) in [5.74, 6) is -0.158. The van der Waals surface area contributed by atoms with Crippen molar-refractivity contribution in [1.82, 2.24) is 0 Å². The first-order valence-electron chi connectivity index (χ1n) is 6.31. The molecule has 0 fully saturated rings. The maximum atomic E-state index is 12.9. The van der Waals surface area contributed by atoms with Crippen molar-refractivity contribution in [2.45, 2.75) is 20.8 Å². The van der Waals surface area contributed by atoms with Crippen LogP contribution < -0.4 is 5.32 Å². The van der Waals surface area contributed by atoms with Crippen molar-refractivity contribution in [3.63, 3.8) is 0 Å². The van der Waals surface area contributed by atoms with Crippen LogP contribution >= 0.6 is 0 Å². The average molecular weight is 278 g/mol. The lowest BCUT2D eigenvalue weighted by molar-refractivity contribution is 0.471. The highest BCUT2D eigenvalue weighted by molar-refractivity contribution is 6.02. The Balaban J connectivity index is 2.90. The van der Waals surface area contributed by atoms with Crippen LogP contribution in [0, 0.1) is 5.82 Å². The number of anilines is 1. The number of rotatable bonds is 5. The highest BCUT2D eigenvalue weighted by atomic mass is 19.1. The fourth-order valence-corrected chi connectivity index (χ4v) is 1.30. The minimum absolute atomic E-state index is 0.178. The van der Waals surface area contributed by atoms with Gasteiger partial charge < -0.3 is 10.4 Å². The van der Waals surface area contributed by atoms with Gasteiger partial charge in [0.25, 0.3) is 0 Å². The number of hydrogen-bond donors (Lipinski definition) is 2. The molecule has 0 aliphatic heterocycles. The lowest BCUT2D eigenvalue weighted by Gasteiger charge is -2.09. The molecule has 0 aliphatic carbocycles. The van der Waals surface area contributed by atoms with Crippen LogP contribution in [0.5, 0.6) is 5.75 Å². The van der Waals surface area contributed by atoms with Gasteiger partial charge >= 0.3 is 0 Å². The molecule has 0 saturated carbocycles. The van der Waals surface area contributed by atoms with Gasteiger partial charge in [-0.1, -0.05) is 0 Å². The maximum Gasteiger partial charge on any atom is 0.141 e. The number of phenolic OH excluding ortho intramolecular Hbond substituents is 1. The molecule has 0 radical (unpaired) electrons. The van der Waals surface area contributed by atoms with Crippen LogP contribution in [0.2, 0.25) is 0 Å². The molecule has 0 bridgehead atoms. The molecule has 0 saturated heterocycles. The Labute approximate surface area is 118 Å². The minimum Gasteiger partial charge on any atom is -0.506 e. The quantitative estimate of drug-likeness (QED) is 0.494. The second kappa shape index (κ2) is 8.04. The minimum atomic E-state index is -0.499. The molecule has 1 aromatic carbocycles. The molecule has 0 heterocycles. The van der Waals surface area contributed by atoms with Crippen molar-refractivity contribution < 1.29 is 9.50 Å². The number of hydrogen-bond acceptors (Lipinski definition) is 3. The standard InChI is InChI=1S/C14H19FN4O/c1-4-16-9-18-14(8-17-10(2)3)19-12-6-5-11(15)7-13(12)20/h5-7,9,20H,4,8H2,1-3H3,(H,16,18,19). The molecule has 0 spiro atoms. The summed E-state index contributed by atoms with van der Waals surface area (Å²) in [4.78, 5) is 12.4. The number of nitrogens with zero attached hydrogens (tertiary/aromatic N) is 3. The Morgan fingerprint density at radius 2 is 2.15 bits per heavy atom. The van der Waals surface area contributed by atoms with Crippen molar-refractivity contribution in [2.75, 3.05) is 18.4 Å². The van der Waals surface area contributed by atoms with Crippen LogP contribution in [0.25, 0.3) is 0 Å². The first-order valence-corrected chi connectivity index (χ1v) is 6.31. The molecule has 1 rings (SSSR count). The Morgan fingerprint density at radius 3 is 2.75 bits per heavy atom. The molecule has 2 N–H and O–H groups in total. The Morgan fingerprint density at radius 1 is 1.40 bits per heavy atom. The molecule has 0 aliphatic rings. The molecule has 108 valence electrons. The van der Waals surface area contributed by atoms with Gasteiger partial charge in [-0.15, -0.1) is 0 Å². The third-order valence-electron chi connectivity index (χ3n) is 2.26. The van der Waals surface area contributed by atoms with Crippen LogP contribution in [0.15, 0.2) is 33.2 Å². The second-order valence-electron chi connectivity index (χ2n) is 4.24. The van der Waals surface area contributed by atoms with E-state index in [9.17, 15) is 9.50 Å². The summed E-state index contributed by atoms with van der Waals surface area (Å²) in [7, 11) is 0. The van der Waals surface area contributed by atoms with Crippen molar-refractivity contribution in [3.05, 3.63) is 24.0 Å². The van der Waals surface area contributed by atoms with E-state index >= 15 is 0 Å². The van der Waals surface area contributed by atoms with Crippen LogP contribution in [-0.2, 0) is 0 Å². The first kappa shape index (κ1) is 15.8. The van der Waals surface area contributed by atoms with Gasteiger partial charge in [-0.05, 0) is 32.9 Å². The predicted molar refractivity (Wildman–Crippen MR) is 81.8 cm³/mol. The zero-order valence-electron chi connectivity index (χ0n) is 11.9. The van der Waals surface area contributed by atoms with Gasteiger partial charge in [-0.25, -0.2) is 9.38 Å². The summed E-state index contributed by atoms with van der Waals surface area (Å²) in [6, 6.07) is 3.74. The van der Waals surface area contributed by atoms with Crippen LogP contribution in [0.3, 0.4) is 0 Å². The van der Waals surface area contributed by atoms with Crippen LogP contribution in [-0.4, -0.2) is 36.1 Å². The van der Waals surface area contributed by atoms with Crippen molar-refractivity contribution in [2.24, 2.45) is 15.0 Å². The SMILES string of the molecule is CCN=CN=C(CN=C(C)C)Nc1ccc(F)cc1O. The fraction of sp³-hybridized carbons (Fsp3) is 0.357. The van der Waals surface area contributed by atoms with E-state index in [-0.39, 0.29) is 5.75 Å². The summed E-state index contributed by atoms with van der Waals surface area (Å²) in [5.41, 5.74) is 1.29. The number of aromatic hydroxyl groups is 1. The number of halogens is 1. The Kier molecular flexibility index (Phi) is 6.36. The summed E-state index contributed by atoms with van der Waals surface area (Å²) < 4.78 is 12.9. The Bertz CT molecular complexity index is 534. The maximum absolute atomic E-state index is 12.9. The Hall–Kier alpha value is -2.24. The summed E-state index contributed by atoms with van der Waals surface area (Å²) >= 11 is 0. The molecule has 5 nitrogen and oxygen atoms in total. The van der Waals surface area contributed by atoms with Crippen molar-refractivity contribution in [1.29, 1.82) is 0 Å². The van der Waals surface area contributed by atoms with Gasteiger partial charge in [0.2, 0.25) is 0 Å². The van der Waals surface area contributed by atoms with Gasteiger partial charge in [0, 0.05) is 18.3 Å². The smallest absolute Gasteiger partial charge is 0.141 e. The molecular weight excluding hydrogens is 259 g/mol. The monoisotopic (exact) mass is 278 g/mol. The lowest BCUT2D eigenvalue weighted by atomic mass is 10.3. The topological polar surface area (TPSA) is 69.3 Å². The van der Waals surface area contributed by atoms with E-state index in [4.69, 9.17) is 0 Å². The van der Waals surface area contributed by atoms with E-state index in [0.29, 0.717) is 24.6 Å². The molecule has 0 aromatic heterocycles. The van der Waals surface area contributed by atoms with E-state index in [0.717, 1.165) is 11.8 Å². The van der Waals surface area contributed by atoms with Gasteiger partial charge in [0.05, 0.1) is 12.2 Å². The van der Waals surface area contributed by atoms with E-state index in [2.05, 4.69) is 20.3 Å². The molecule has 20 heavy (non-hydrogen) atoms. The van der Waals surface area contributed by atoms with E-state index in [1.807, 2.05) is 20.8 Å². The molecule has 1 aromatic rings. The number of aliphatic imine (C=N–C) groups is 3. The zero-order valence-corrected chi connectivity index (χ0v) is 11.9. The first-order chi connectivity index (χ1) is 9.52. The van der Waals surface area contributed by atoms with Crippen LogP contribution in [0.4, 0.5) is 10.1 Å². The normalized spacial score (nSPS) is 11.7. The van der Waals surface area contributed by atoms with E-state index in [1.165, 1.54) is 18.5 Å². The van der Waals surface area contributed by atoms with Crippen molar-refractivity contribution >= 4 is 23.6 Å². The highest BCUT2D eigenvalue weighted by Crippen LogP contribution is 2.23. The number of phenols is 1. The lowest BCUT2D eigenvalue weighted by Crippen LogP contribution is -2.16. The zero-order chi connectivity index (χ0) is 15.0. The average Bonchev–Trinajstić information content (AvgIpc) is 2.38. The highest BCUT2D eigenvalue weighted by Gasteiger charge is 2.05. The molecule has 0 atom stereocenters. The molecular formula is C14H19FN4O. The van der Waals surface area contributed by atoms with Gasteiger partial charge in [0.15, 0.2) is 0 Å². The van der Waals surface area contributed by atoms with Crippen molar-refractivity contribution in [3.8, 4) is 5.75 Å². The summed E-state index contributed by atoms with van der Waals surface area (Å²) in [5, 5.41) is 12.6. The number of nitrogens with one attached hydrogen (secondary N) is 1. The summed E-state index contributed by atoms with van der Waals surface area (Å²) in [6.45, 7) is 6.63. The summed E-state index contributed by atoms with van der Waals surface area (Å²) in [6.07, 6.45) is 1.43. The number of benzene rings is 1. The van der Waals surface area contributed by atoms with Gasteiger partial charge in [-0.2, -0.15) is 0 Å².